The summed E-state index contributed by atoms with van der Waals surface area (Å²) in [7, 11) is 0. The lowest BCUT2D eigenvalue weighted by Gasteiger charge is -2.10. The van der Waals surface area contributed by atoms with Crippen LogP contribution in [0.4, 0.5) is 9.39 Å². The zero-order chi connectivity index (χ0) is 21.0. The molecule has 0 radical (unpaired) electrons. The molecule has 0 aliphatic heterocycles. The van der Waals surface area contributed by atoms with Crippen LogP contribution in [0.15, 0.2) is 53.9 Å². The van der Waals surface area contributed by atoms with Crippen molar-refractivity contribution in [1.29, 1.82) is 0 Å². The summed E-state index contributed by atoms with van der Waals surface area (Å²) in [5, 5.41) is 4.92. The number of hydrogen-bond donors (Lipinski definition) is 1. The first-order chi connectivity index (χ1) is 13.9. The molecule has 0 aliphatic carbocycles. The highest BCUT2D eigenvalue weighted by molar-refractivity contribution is 7.15. The van der Waals surface area contributed by atoms with Crippen LogP contribution >= 0.6 is 11.3 Å². The number of nitrogens with one attached hydrogen (secondary N) is 1. The fraction of sp³-hybridized carbons (Fsp3) is 0.217. The van der Waals surface area contributed by atoms with E-state index in [0.29, 0.717) is 22.0 Å². The van der Waals surface area contributed by atoms with Crippen LogP contribution < -0.4 is 5.32 Å². The Kier molecular flexibility index (Phi) is 6.44. The van der Waals surface area contributed by atoms with Gasteiger partial charge in [0.2, 0.25) is 0 Å². The van der Waals surface area contributed by atoms with Gasteiger partial charge in [-0.15, -0.1) is 11.3 Å². The number of carbonyl (C=O) groups excluding carboxylic acids is 2. The smallest absolute Gasteiger partial charge is 0.341 e. The number of ether oxygens (including phenoxy) is 1. The van der Waals surface area contributed by atoms with E-state index in [9.17, 15) is 14.0 Å². The number of amides is 1. The minimum absolute atomic E-state index is 0.177. The third-order valence-electron chi connectivity index (χ3n) is 4.47. The maximum atomic E-state index is 13.4. The van der Waals surface area contributed by atoms with Crippen molar-refractivity contribution in [3.8, 4) is 11.1 Å². The molecule has 2 aromatic carbocycles. The minimum atomic E-state index is -0.508. The van der Waals surface area contributed by atoms with E-state index in [2.05, 4.69) is 19.2 Å². The van der Waals surface area contributed by atoms with E-state index >= 15 is 0 Å². The Bertz CT molecular complexity index is 1020. The lowest BCUT2D eigenvalue weighted by atomic mass is 9.98. The molecule has 0 bridgehead atoms. The predicted octanol–water partition coefficient (Wildman–Crippen LogP) is 6.11. The maximum absolute atomic E-state index is 13.4. The third kappa shape index (κ3) is 4.71. The van der Waals surface area contributed by atoms with Crippen molar-refractivity contribution in [2.75, 3.05) is 11.9 Å². The molecule has 1 amide bonds. The predicted molar refractivity (Wildman–Crippen MR) is 114 cm³/mol. The van der Waals surface area contributed by atoms with Crippen molar-refractivity contribution < 1.29 is 18.7 Å². The fourth-order valence-electron chi connectivity index (χ4n) is 2.92. The first kappa shape index (κ1) is 20.7. The monoisotopic (exact) mass is 411 g/mol. The number of carbonyl (C=O) groups is 2. The Labute approximate surface area is 173 Å². The summed E-state index contributed by atoms with van der Waals surface area (Å²) < 4.78 is 18.7. The quantitative estimate of drug-likeness (QED) is 0.498. The van der Waals surface area contributed by atoms with Crippen LogP contribution in [-0.4, -0.2) is 18.5 Å². The van der Waals surface area contributed by atoms with Crippen molar-refractivity contribution in [3.05, 3.63) is 76.4 Å². The molecule has 3 aromatic rings. The highest BCUT2D eigenvalue weighted by Crippen LogP contribution is 2.37. The SMILES string of the molecule is CCOC(=O)c1c(-c2ccc(C(C)C)cc2)csc1NC(=O)c1cccc(F)c1. The highest BCUT2D eigenvalue weighted by atomic mass is 32.1. The highest BCUT2D eigenvalue weighted by Gasteiger charge is 2.23. The zero-order valence-corrected chi connectivity index (χ0v) is 17.3. The van der Waals surface area contributed by atoms with Crippen LogP contribution in [0.3, 0.4) is 0 Å². The van der Waals surface area contributed by atoms with Gasteiger partial charge >= 0.3 is 5.97 Å². The molecule has 0 aliphatic rings. The summed E-state index contributed by atoms with van der Waals surface area (Å²) in [4.78, 5) is 25.2. The van der Waals surface area contributed by atoms with Crippen molar-refractivity contribution in [2.24, 2.45) is 0 Å². The second-order valence-electron chi connectivity index (χ2n) is 6.82. The molecule has 0 spiro atoms. The van der Waals surface area contributed by atoms with Gasteiger partial charge in [0, 0.05) is 16.5 Å². The van der Waals surface area contributed by atoms with Crippen LogP contribution in [0.2, 0.25) is 0 Å². The first-order valence-corrected chi connectivity index (χ1v) is 10.2. The van der Waals surface area contributed by atoms with Crippen molar-refractivity contribution >= 4 is 28.2 Å². The summed E-state index contributed by atoms with van der Waals surface area (Å²) >= 11 is 1.24. The van der Waals surface area contributed by atoms with E-state index in [1.165, 1.54) is 35.1 Å². The number of hydrogen-bond acceptors (Lipinski definition) is 4. The molecular formula is C23H22FNO3S. The van der Waals surface area contributed by atoms with Gasteiger partial charge in [-0.05, 0) is 42.2 Å². The molecule has 1 N–H and O–H groups in total. The molecule has 0 unspecified atom stereocenters. The van der Waals surface area contributed by atoms with Crippen molar-refractivity contribution in [1.82, 2.24) is 0 Å². The average Bonchev–Trinajstić information content (AvgIpc) is 3.11. The number of benzene rings is 2. The van der Waals surface area contributed by atoms with Crippen LogP contribution in [-0.2, 0) is 4.74 Å². The standard InChI is InChI=1S/C23H22FNO3S/c1-4-28-23(27)20-19(16-10-8-15(9-11-16)14(2)3)13-29-22(20)25-21(26)17-6-5-7-18(24)12-17/h5-14H,4H2,1-3H3,(H,25,26). The molecule has 3 rings (SSSR count). The zero-order valence-electron chi connectivity index (χ0n) is 16.5. The van der Waals surface area contributed by atoms with Gasteiger partial charge in [-0.25, -0.2) is 9.18 Å². The van der Waals surface area contributed by atoms with E-state index < -0.39 is 17.7 Å². The van der Waals surface area contributed by atoms with Crippen LogP contribution in [0.25, 0.3) is 11.1 Å². The largest absolute Gasteiger partial charge is 0.462 e. The molecular weight excluding hydrogens is 389 g/mol. The van der Waals surface area contributed by atoms with E-state index in [0.717, 1.165) is 11.6 Å². The van der Waals surface area contributed by atoms with Gasteiger partial charge in [-0.1, -0.05) is 44.2 Å². The molecule has 29 heavy (non-hydrogen) atoms. The van der Waals surface area contributed by atoms with E-state index in [1.807, 2.05) is 29.6 Å². The molecule has 4 nitrogen and oxygen atoms in total. The Morgan fingerprint density at radius 3 is 2.48 bits per heavy atom. The number of thiophene rings is 1. The van der Waals surface area contributed by atoms with E-state index in [-0.39, 0.29) is 12.2 Å². The topological polar surface area (TPSA) is 55.4 Å². The number of halogens is 1. The van der Waals surface area contributed by atoms with Gasteiger partial charge in [0.15, 0.2) is 0 Å². The Morgan fingerprint density at radius 1 is 1.14 bits per heavy atom. The van der Waals surface area contributed by atoms with Crippen LogP contribution in [0, 0.1) is 5.82 Å². The van der Waals surface area contributed by atoms with E-state index in [4.69, 9.17) is 4.74 Å². The minimum Gasteiger partial charge on any atom is -0.462 e. The van der Waals surface area contributed by atoms with Gasteiger partial charge in [-0.2, -0.15) is 0 Å². The molecule has 1 aromatic heterocycles. The van der Waals surface area contributed by atoms with Crippen molar-refractivity contribution in [2.45, 2.75) is 26.7 Å². The molecule has 0 fully saturated rings. The summed E-state index contributed by atoms with van der Waals surface area (Å²) in [5.74, 6) is -1.10. The Balaban J connectivity index is 1.97. The van der Waals surface area contributed by atoms with Gasteiger partial charge in [-0.3, -0.25) is 4.79 Å². The lowest BCUT2D eigenvalue weighted by molar-refractivity contribution is 0.0529. The summed E-state index contributed by atoms with van der Waals surface area (Å²) in [6.45, 7) is 6.18. The average molecular weight is 411 g/mol. The normalized spacial score (nSPS) is 10.8. The second-order valence-corrected chi connectivity index (χ2v) is 7.69. The van der Waals surface area contributed by atoms with Crippen molar-refractivity contribution in [3.63, 3.8) is 0 Å². The lowest BCUT2D eigenvalue weighted by Crippen LogP contribution is -2.15. The molecule has 0 saturated heterocycles. The van der Waals surface area contributed by atoms with Gasteiger partial charge in [0.1, 0.15) is 16.4 Å². The van der Waals surface area contributed by atoms with Crippen LogP contribution in [0.5, 0.6) is 0 Å². The summed E-state index contributed by atoms with van der Waals surface area (Å²) in [6, 6.07) is 13.4. The van der Waals surface area contributed by atoms with Gasteiger partial charge in [0.05, 0.1) is 6.61 Å². The molecule has 1 heterocycles. The van der Waals surface area contributed by atoms with E-state index in [1.54, 1.807) is 6.92 Å². The Hall–Kier alpha value is -2.99. The number of esters is 1. The molecule has 150 valence electrons. The second kappa shape index (κ2) is 9.01. The first-order valence-electron chi connectivity index (χ1n) is 9.36. The summed E-state index contributed by atoms with van der Waals surface area (Å²) in [6.07, 6.45) is 0. The van der Waals surface area contributed by atoms with Gasteiger partial charge in [0.25, 0.3) is 5.91 Å². The molecule has 0 saturated carbocycles. The summed E-state index contributed by atoms with van der Waals surface area (Å²) in [5.41, 5.74) is 3.23. The Morgan fingerprint density at radius 2 is 1.86 bits per heavy atom. The number of rotatable bonds is 6. The van der Waals surface area contributed by atoms with Gasteiger partial charge < -0.3 is 10.1 Å². The molecule has 6 heteroatoms. The maximum Gasteiger partial charge on any atom is 0.341 e. The fourth-order valence-corrected chi connectivity index (χ4v) is 3.87. The molecule has 0 atom stereocenters. The van der Waals surface area contributed by atoms with Crippen LogP contribution in [0.1, 0.15) is 53.0 Å². The number of anilines is 1. The third-order valence-corrected chi connectivity index (χ3v) is 5.37.